The van der Waals surface area contributed by atoms with Crippen molar-refractivity contribution in [1.82, 2.24) is 20.7 Å². The molecule has 3 aliphatic rings. The molecule has 0 spiro atoms. The van der Waals surface area contributed by atoms with Gasteiger partial charge in [0.1, 0.15) is 11.8 Å². The van der Waals surface area contributed by atoms with Gasteiger partial charge >= 0.3 is 0 Å². The van der Waals surface area contributed by atoms with Gasteiger partial charge in [0.15, 0.2) is 6.23 Å². The third kappa shape index (κ3) is 6.72. The lowest BCUT2D eigenvalue weighted by molar-refractivity contribution is -0.207. The number of hydrogen-bond donors (Lipinski definition) is 3. The van der Waals surface area contributed by atoms with Gasteiger partial charge in [-0.2, -0.15) is 5.26 Å². The Balaban J connectivity index is 0.00000405. The minimum absolute atomic E-state index is 0. The third-order valence-electron chi connectivity index (χ3n) is 9.21. The summed E-state index contributed by atoms with van der Waals surface area (Å²) in [6.45, 7) is 12.3. The molecule has 2 aromatic rings. The van der Waals surface area contributed by atoms with Crippen LogP contribution in [-0.2, 0) is 0 Å². The molecule has 5 rings (SSSR count). The zero-order chi connectivity index (χ0) is 29.4. The van der Waals surface area contributed by atoms with E-state index >= 15 is 0 Å². The molecule has 1 aliphatic carbocycles. The summed E-state index contributed by atoms with van der Waals surface area (Å²) in [5, 5.41) is 26.8. The molecule has 0 radical (unpaired) electrons. The van der Waals surface area contributed by atoms with Crippen LogP contribution in [0.3, 0.4) is 0 Å². The van der Waals surface area contributed by atoms with Crippen molar-refractivity contribution in [1.29, 1.82) is 5.26 Å². The number of amides is 1. The molecule has 8 nitrogen and oxygen atoms in total. The summed E-state index contributed by atoms with van der Waals surface area (Å²) in [6, 6.07) is 16.3. The van der Waals surface area contributed by atoms with E-state index in [1.807, 2.05) is 30.3 Å². The molecular weight excluding hydrogens is 573 g/mol. The van der Waals surface area contributed by atoms with Crippen molar-refractivity contribution in [2.45, 2.75) is 64.8 Å². The Hall–Kier alpha value is -2.38. The number of hydrazine groups is 1. The number of nitrogens with one attached hydrogen (secondary N) is 2. The highest BCUT2D eigenvalue weighted by atomic mass is 35.5. The molecule has 10 heteroatoms. The van der Waals surface area contributed by atoms with E-state index in [9.17, 15) is 15.2 Å². The molecule has 2 atom stereocenters. The molecule has 0 aromatic heterocycles. The van der Waals surface area contributed by atoms with E-state index in [-0.39, 0.29) is 41.1 Å². The highest BCUT2D eigenvalue weighted by Crippen LogP contribution is 2.61. The van der Waals surface area contributed by atoms with Crippen LogP contribution in [0.15, 0.2) is 48.5 Å². The fraction of sp³-hybridized carbons (Fsp3) is 0.562. The van der Waals surface area contributed by atoms with E-state index in [4.69, 9.17) is 16.3 Å². The van der Waals surface area contributed by atoms with E-state index in [0.29, 0.717) is 54.4 Å². The van der Waals surface area contributed by atoms with Crippen LogP contribution in [0.2, 0.25) is 5.02 Å². The molecule has 2 heterocycles. The Morgan fingerprint density at radius 1 is 1.12 bits per heavy atom. The molecule has 228 valence electrons. The molecule has 3 N–H and O–H groups in total. The Morgan fingerprint density at radius 2 is 1.79 bits per heavy atom. The number of aliphatic hydroxyl groups is 1. The summed E-state index contributed by atoms with van der Waals surface area (Å²) in [5.74, 6) is 0.573. The molecule has 1 amide bonds. The van der Waals surface area contributed by atoms with Crippen LogP contribution in [0.4, 0.5) is 0 Å². The first kappa shape index (κ1) is 32.5. The molecule has 42 heavy (non-hydrogen) atoms. The van der Waals surface area contributed by atoms with Crippen LogP contribution in [-0.4, -0.2) is 71.5 Å². The smallest absolute Gasteiger partial charge is 0.265 e. The maximum Gasteiger partial charge on any atom is 0.265 e. The average Bonchev–Trinajstić information content (AvgIpc) is 2.91. The van der Waals surface area contributed by atoms with Crippen LogP contribution in [0.25, 0.3) is 0 Å². The Bertz CT molecular complexity index is 1280. The van der Waals surface area contributed by atoms with Crippen molar-refractivity contribution in [2.75, 3.05) is 32.7 Å². The van der Waals surface area contributed by atoms with Crippen molar-refractivity contribution < 1.29 is 14.6 Å². The van der Waals surface area contributed by atoms with Gasteiger partial charge in [-0.25, -0.2) is 5.01 Å². The van der Waals surface area contributed by atoms with E-state index in [1.165, 1.54) is 0 Å². The van der Waals surface area contributed by atoms with E-state index < -0.39 is 11.8 Å². The molecule has 1 saturated carbocycles. The summed E-state index contributed by atoms with van der Waals surface area (Å²) in [4.78, 5) is 15.7. The molecular formula is C32H43Cl2N5O3. The largest absolute Gasteiger partial charge is 0.473 e. The second-order valence-corrected chi connectivity index (χ2v) is 13.7. The Morgan fingerprint density at radius 3 is 2.38 bits per heavy atom. The predicted molar refractivity (Wildman–Crippen MR) is 167 cm³/mol. The zero-order valence-corrected chi connectivity index (χ0v) is 26.5. The second kappa shape index (κ2) is 12.7. The van der Waals surface area contributed by atoms with Gasteiger partial charge in [0, 0.05) is 31.3 Å². The Kier molecular flexibility index (Phi) is 9.83. The van der Waals surface area contributed by atoms with Crippen molar-refractivity contribution in [3.63, 3.8) is 0 Å². The summed E-state index contributed by atoms with van der Waals surface area (Å²) in [7, 11) is 0. The lowest BCUT2D eigenvalue weighted by atomic mass is 9.45. The molecule has 1 unspecified atom stereocenters. The quantitative estimate of drug-likeness (QED) is 0.409. The monoisotopic (exact) mass is 615 g/mol. The third-order valence-corrected chi connectivity index (χ3v) is 9.52. The van der Waals surface area contributed by atoms with Crippen molar-refractivity contribution in [3.05, 3.63) is 64.7 Å². The summed E-state index contributed by atoms with van der Waals surface area (Å²) in [5.41, 5.74) is 3.39. The first-order valence-electron chi connectivity index (χ1n) is 14.6. The second-order valence-electron chi connectivity index (χ2n) is 13.3. The number of benzene rings is 2. The first-order valence-corrected chi connectivity index (χ1v) is 15.0. The van der Waals surface area contributed by atoms with E-state index in [0.717, 1.165) is 19.5 Å². The molecule has 0 bridgehead atoms. The molecule has 2 aliphatic heterocycles. The first-order chi connectivity index (χ1) is 19.4. The van der Waals surface area contributed by atoms with Crippen molar-refractivity contribution in [2.24, 2.45) is 16.7 Å². The summed E-state index contributed by atoms with van der Waals surface area (Å²) in [6.07, 6.45) is 1.90. The highest BCUT2D eigenvalue weighted by molar-refractivity contribution is 6.31. The van der Waals surface area contributed by atoms with Gasteiger partial charge in [-0.15, -0.1) is 12.4 Å². The average molecular weight is 617 g/mol. The highest BCUT2D eigenvalue weighted by Gasteiger charge is 2.61. The Labute approximate surface area is 260 Å². The van der Waals surface area contributed by atoms with Gasteiger partial charge in [0.2, 0.25) is 0 Å². The number of nitriles is 1. The van der Waals surface area contributed by atoms with Crippen LogP contribution < -0.4 is 15.5 Å². The van der Waals surface area contributed by atoms with Crippen LogP contribution in [0, 0.1) is 28.1 Å². The predicted octanol–water partition coefficient (Wildman–Crippen LogP) is 4.86. The topological polar surface area (TPSA) is 101 Å². The van der Waals surface area contributed by atoms with Gasteiger partial charge in [-0.3, -0.25) is 15.1 Å². The van der Waals surface area contributed by atoms with Crippen LogP contribution >= 0.6 is 24.0 Å². The number of β-amino-alcohol motifs (C(OH)–C–C–N with tert-alkyl or cyclic N) is 1. The molecule has 2 aromatic carbocycles. The fourth-order valence-electron chi connectivity index (χ4n) is 7.93. The summed E-state index contributed by atoms with van der Waals surface area (Å²) < 4.78 is 6.82. The standard InChI is InChI=1S/C32H42ClN5O3.ClH/c1-30(2)20-31(3,4)27(30)26-29(41-24-11-10-23(19-34)25(33)18-24)37(21-32(40)12-14-35-15-13-32)16-17-38(26)36-28(39)22-8-6-5-7-9-22;/h5-11,18,26-27,29,35,40H,12-17,20-21H2,1-4H3,(H,36,39);1H/t26?,29-;/m1./s1. The van der Waals surface area contributed by atoms with Crippen LogP contribution in [0.5, 0.6) is 5.75 Å². The number of ether oxygens (including phenoxy) is 1. The van der Waals surface area contributed by atoms with E-state index in [2.05, 4.69) is 54.4 Å². The van der Waals surface area contributed by atoms with Gasteiger partial charge < -0.3 is 15.2 Å². The normalized spacial score (nSPS) is 25.4. The van der Waals surface area contributed by atoms with Gasteiger partial charge in [0.25, 0.3) is 5.91 Å². The van der Waals surface area contributed by atoms with Gasteiger partial charge in [0.05, 0.1) is 22.2 Å². The number of hydrogen-bond acceptors (Lipinski definition) is 7. The summed E-state index contributed by atoms with van der Waals surface area (Å²) >= 11 is 6.42. The number of carbonyl (C=O) groups excluding carboxylic acids is 1. The number of nitrogens with zero attached hydrogens (tertiary/aromatic N) is 3. The zero-order valence-electron chi connectivity index (χ0n) is 24.9. The van der Waals surface area contributed by atoms with Crippen molar-refractivity contribution in [3.8, 4) is 11.8 Å². The number of halogens is 2. The maximum atomic E-state index is 13.4. The maximum absolute atomic E-state index is 13.4. The lowest BCUT2D eigenvalue weighted by Crippen LogP contribution is -2.74. The SMILES string of the molecule is CC1(C)CC(C)(C)C1C1[C@@H](Oc2ccc(C#N)c(Cl)c2)N(CC2(O)CCNCC2)CCN1NC(=O)c1ccccc1.Cl. The number of rotatable bonds is 7. The molecule has 2 saturated heterocycles. The minimum atomic E-state index is -0.834. The molecule has 3 fully saturated rings. The fourth-order valence-corrected chi connectivity index (χ4v) is 8.14. The number of piperidine rings is 1. The minimum Gasteiger partial charge on any atom is -0.473 e. The van der Waals surface area contributed by atoms with Gasteiger partial charge in [-0.1, -0.05) is 57.5 Å². The lowest BCUT2D eigenvalue weighted by Gasteiger charge is -2.65. The van der Waals surface area contributed by atoms with Crippen molar-refractivity contribution >= 4 is 29.9 Å². The van der Waals surface area contributed by atoms with E-state index in [1.54, 1.807) is 18.2 Å². The van der Waals surface area contributed by atoms with Gasteiger partial charge in [-0.05, 0) is 73.4 Å². The van der Waals surface area contributed by atoms with Crippen LogP contribution in [0.1, 0.15) is 62.9 Å². The number of carbonyl (C=O) groups is 1. The number of piperazine rings is 1.